The number of halogens is 1. The van der Waals surface area contributed by atoms with Crippen molar-refractivity contribution < 1.29 is 0 Å². The largest absolute Gasteiger partial charge is 0.223 e. The van der Waals surface area contributed by atoms with Gasteiger partial charge in [-0.25, -0.2) is 9.97 Å². The predicted molar refractivity (Wildman–Crippen MR) is 111 cm³/mol. The van der Waals surface area contributed by atoms with Crippen LogP contribution < -0.4 is 0 Å². The molecule has 0 saturated carbocycles. The SMILES string of the molecule is Clc1nc(-c2ccccc2)c2c(ccc3sc(-c4ccccc4)cc32)n1. The fraction of sp³-hybridized carbons (Fsp3) is 0. The predicted octanol–water partition coefficient (Wildman–Crippen LogP) is 6.83. The molecule has 0 saturated heterocycles. The van der Waals surface area contributed by atoms with Crippen molar-refractivity contribution in [3.63, 3.8) is 0 Å². The molecule has 0 aliphatic rings. The van der Waals surface area contributed by atoms with Gasteiger partial charge in [-0.05, 0) is 35.4 Å². The van der Waals surface area contributed by atoms with Crippen LogP contribution in [-0.2, 0) is 0 Å². The first-order chi connectivity index (χ1) is 12.8. The number of hydrogen-bond acceptors (Lipinski definition) is 3. The van der Waals surface area contributed by atoms with Gasteiger partial charge in [0.05, 0.1) is 11.2 Å². The van der Waals surface area contributed by atoms with Crippen LogP contribution in [0.2, 0.25) is 5.28 Å². The van der Waals surface area contributed by atoms with Crippen molar-refractivity contribution >= 4 is 43.9 Å². The molecule has 5 aromatic rings. The number of nitrogens with zero attached hydrogens (tertiary/aromatic N) is 2. The van der Waals surface area contributed by atoms with Crippen molar-refractivity contribution in [2.24, 2.45) is 0 Å². The van der Waals surface area contributed by atoms with E-state index < -0.39 is 0 Å². The lowest BCUT2D eigenvalue weighted by Gasteiger charge is -2.07. The first-order valence-corrected chi connectivity index (χ1v) is 9.50. The average Bonchev–Trinajstić information content (AvgIpc) is 3.13. The van der Waals surface area contributed by atoms with Crippen LogP contribution in [0.5, 0.6) is 0 Å². The van der Waals surface area contributed by atoms with Crippen LogP contribution in [0.25, 0.3) is 42.7 Å². The Morgan fingerprint density at radius 1 is 0.731 bits per heavy atom. The molecule has 5 rings (SSSR count). The Hall–Kier alpha value is -2.75. The molecule has 0 radical (unpaired) electrons. The van der Waals surface area contributed by atoms with Gasteiger partial charge in [-0.1, -0.05) is 60.7 Å². The molecule has 2 aromatic heterocycles. The van der Waals surface area contributed by atoms with E-state index in [1.165, 1.54) is 20.5 Å². The van der Waals surface area contributed by atoms with Crippen molar-refractivity contribution in [2.75, 3.05) is 0 Å². The molecule has 26 heavy (non-hydrogen) atoms. The summed E-state index contributed by atoms with van der Waals surface area (Å²) in [5.41, 5.74) is 4.01. The highest BCUT2D eigenvalue weighted by molar-refractivity contribution is 7.22. The monoisotopic (exact) mass is 372 g/mol. The number of thiophene rings is 1. The second-order valence-electron chi connectivity index (χ2n) is 6.06. The molecule has 2 heterocycles. The smallest absolute Gasteiger partial charge is 0.218 e. The van der Waals surface area contributed by atoms with Crippen molar-refractivity contribution in [2.45, 2.75) is 0 Å². The third-order valence-corrected chi connectivity index (χ3v) is 5.76. The Balaban J connectivity index is 1.86. The molecule has 0 N–H and O–H groups in total. The number of aromatic nitrogens is 2. The molecular formula is C22H13ClN2S. The Morgan fingerprint density at radius 3 is 2.15 bits per heavy atom. The summed E-state index contributed by atoms with van der Waals surface area (Å²) in [7, 11) is 0. The van der Waals surface area contributed by atoms with Crippen LogP contribution in [-0.4, -0.2) is 9.97 Å². The van der Waals surface area contributed by atoms with Gasteiger partial charge in [0.15, 0.2) is 0 Å². The minimum atomic E-state index is 0.272. The molecule has 124 valence electrons. The van der Waals surface area contributed by atoms with Crippen molar-refractivity contribution in [1.82, 2.24) is 9.97 Å². The standard InChI is InChI=1S/C22H13ClN2S/c23-22-24-17-11-12-18-16(13-19(26-18)14-7-3-1-4-8-14)20(17)21(25-22)15-9-5-2-6-10-15/h1-13H. The molecule has 0 unspecified atom stereocenters. The van der Waals surface area contributed by atoms with Crippen LogP contribution in [0.1, 0.15) is 0 Å². The number of benzene rings is 3. The van der Waals surface area contributed by atoms with E-state index in [0.29, 0.717) is 0 Å². The van der Waals surface area contributed by atoms with Gasteiger partial charge < -0.3 is 0 Å². The van der Waals surface area contributed by atoms with Gasteiger partial charge in [0.25, 0.3) is 0 Å². The Labute approximate surface area is 159 Å². The van der Waals surface area contributed by atoms with Gasteiger partial charge in [0.2, 0.25) is 5.28 Å². The highest BCUT2D eigenvalue weighted by atomic mass is 35.5. The number of fused-ring (bicyclic) bond motifs is 3. The maximum absolute atomic E-state index is 6.21. The zero-order valence-electron chi connectivity index (χ0n) is 13.7. The van der Waals surface area contributed by atoms with E-state index in [4.69, 9.17) is 11.6 Å². The molecule has 4 heteroatoms. The second kappa shape index (κ2) is 6.20. The van der Waals surface area contributed by atoms with Gasteiger partial charge >= 0.3 is 0 Å². The third kappa shape index (κ3) is 2.57. The van der Waals surface area contributed by atoms with Gasteiger partial charge in [-0.2, -0.15) is 0 Å². The van der Waals surface area contributed by atoms with Crippen molar-refractivity contribution in [3.8, 4) is 21.7 Å². The summed E-state index contributed by atoms with van der Waals surface area (Å²) in [6.07, 6.45) is 0. The number of rotatable bonds is 2. The topological polar surface area (TPSA) is 25.8 Å². The summed E-state index contributed by atoms with van der Waals surface area (Å²) in [5.74, 6) is 0. The molecular weight excluding hydrogens is 360 g/mol. The fourth-order valence-corrected chi connectivity index (χ4v) is 4.51. The minimum Gasteiger partial charge on any atom is -0.218 e. The molecule has 0 aliphatic heterocycles. The highest BCUT2D eigenvalue weighted by Gasteiger charge is 2.14. The van der Waals surface area contributed by atoms with Crippen molar-refractivity contribution in [1.29, 1.82) is 0 Å². The third-order valence-electron chi connectivity index (χ3n) is 4.44. The maximum Gasteiger partial charge on any atom is 0.223 e. The summed E-state index contributed by atoms with van der Waals surface area (Å²) in [6, 6.07) is 27.0. The summed E-state index contributed by atoms with van der Waals surface area (Å²) in [4.78, 5) is 10.3. The van der Waals surface area contributed by atoms with E-state index in [2.05, 4.69) is 58.5 Å². The first kappa shape index (κ1) is 15.5. The normalized spacial score (nSPS) is 11.3. The van der Waals surface area contributed by atoms with Crippen LogP contribution in [0.3, 0.4) is 0 Å². The molecule has 0 aliphatic carbocycles. The lowest BCUT2D eigenvalue weighted by molar-refractivity contribution is 1.23. The summed E-state index contributed by atoms with van der Waals surface area (Å²) >= 11 is 7.99. The molecule has 0 atom stereocenters. The fourth-order valence-electron chi connectivity index (χ4n) is 3.26. The molecule has 0 fully saturated rings. The molecule has 0 bridgehead atoms. The Bertz CT molecular complexity index is 1230. The van der Waals surface area contributed by atoms with Crippen LogP contribution in [0.15, 0.2) is 78.9 Å². The second-order valence-corrected chi connectivity index (χ2v) is 7.48. The van der Waals surface area contributed by atoms with Gasteiger partial charge in [0, 0.05) is 25.9 Å². The van der Waals surface area contributed by atoms with Gasteiger partial charge in [-0.3, -0.25) is 0 Å². The average molecular weight is 373 g/mol. The molecule has 0 spiro atoms. The van der Waals surface area contributed by atoms with E-state index in [1.54, 1.807) is 11.3 Å². The van der Waals surface area contributed by atoms with E-state index >= 15 is 0 Å². The first-order valence-electron chi connectivity index (χ1n) is 8.30. The summed E-state index contributed by atoms with van der Waals surface area (Å²) in [5, 5.41) is 2.49. The molecule has 3 aromatic carbocycles. The van der Waals surface area contributed by atoms with Gasteiger partial charge in [0.1, 0.15) is 0 Å². The van der Waals surface area contributed by atoms with E-state index in [0.717, 1.165) is 22.2 Å². The summed E-state index contributed by atoms with van der Waals surface area (Å²) in [6.45, 7) is 0. The Morgan fingerprint density at radius 2 is 1.42 bits per heavy atom. The zero-order valence-corrected chi connectivity index (χ0v) is 15.3. The van der Waals surface area contributed by atoms with Crippen LogP contribution in [0, 0.1) is 0 Å². The van der Waals surface area contributed by atoms with E-state index in [1.807, 2.05) is 30.3 Å². The number of hydrogen-bond donors (Lipinski definition) is 0. The lowest BCUT2D eigenvalue weighted by atomic mass is 10.0. The summed E-state index contributed by atoms with van der Waals surface area (Å²) < 4.78 is 1.22. The Kier molecular flexibility index (Phi) is 3.70. The molecule has 0 amide bonds. The zero-order chi connectivity index (χ0) is 17.5. The highest BCUT2D eigenvalue weighted by Crippen LogP contribution is 2.40. The van der Waals surface area contributed by atoms with Crippen LogP contribution in [0.4, 0.5) is 0 Å². The van der Waals surface area contributed by atoms with E-state index in [-0.39, 0.29) is 5.28 Å². The van der Waals surface area contributed by atoms with Gasteiger partial charge in [-0.15, -0.1) is 11.3 Å². The lowest BCUT2D eigenvalue weighted by Crippen LogP contribution is -1.91. The van der Waals surface area contributed by atoms with E-state index in [9.17, 15) is 0 Å². The molecule has 2 nitrogen and oxygen atoms in total. The van der Waals surface area contributed by atoms with Crippen molar-refractivity contribution in [3.05, 3.63) is 84.1 Å². The maximum atomic E-state index is 6.21. The minimum absolute atomic E-state index is 0.272. The quantitative estimate of drug-likeness (QED) is 0.317. The van der Waals surface area contributed by atoms with Crippen LogP contribution >= 0.6 is 22.9 Å².